The summed E-state index contributed by atoms with van der Waals surface area (Å²) in [6, 6.07) is 7.40. The monoisotopic (exact) mass is 355 g/mol. The second-order valence-electron chi connectivity index (χ2n) is 5.97. The van der Waals surface area contributed by atoms with Gasteiger partial charge in [0.25, 0.3) is 0 Å². The van der Waals surface area contributed by atoms with Gasteiger partial charge in [0.15, 0.2) is 0 Å². The Hall–Kier alpha value is -1.48. The van der Waals surface area contributed by atoms with E-state index in [0.717, 1.165) is 24.9 Å². The van der Waals surface area contributed by atoms with Gasteiger partial charge in [0.1, 0.15) is 0 Å². The lowest BCUT2D eigenvalue weighted by molar-refractivity contribution is -0.116. The average Bonchev–Trinajstić information content (AvgIpc) is 2.51. The molecule has 1 N–H and O–H groups in total. The Morgan fingerprint density at radius 1 is 1.33 bits per heavy atom. The lowest BCUT2D eigenvalue weighted by Crippen LogP contribution is -2.45. The zero-order valence-electron chi connectivity index (χ0n) is 14.2. The van der Waals surface area contributed by atoms with Crippen LogP contribution in [-0.2, 0) is 19.6 Å². The lowest BCUT2D eigenvalue weighted by Gasteiger charge is -2.29. The fraction of sp³-hybridized carbons (Fsp3) is 0.562. The molecule has 1 aromatic rings. The summed E-state index contributed by atoms with van der Waals surface area (Å²) in [6.07, 6.45) is 1.13. The number of aryl methyl sites for hydroxylation is 1. The number of amides is 1. The predicted molar refractivity (Wildman–Crippen MR) is 93.5 cm³/mol. The lowest BCUT2D eigenvalue weighted by atomic mass is 10.2. The molecule has 0 bridgehead atoms. The van der Waals surface area contributed by atoms with Crippen LogP contribution in [-0.4, -0.2) is 75.7 Å². The van der Waals surface area contributed by atoms with Crippen LogP contribution in [0.3, 0.4) is 0 Å². The minimum atomic E-state index is -3.45. The number of carbonyl (C=O) groups excluding carboxylic acids is 1. The summed E-state index contributed by atoms with van der Waals surface area (Å²) in [5, 5.41) is 2.74. The summed E-state index contributed by atoms with van der Waals surface area (Å²) < 4.78 is 30.4. The van der Waals surface area contributed by atoms with Gasteiger partial charge in [-0.05, 0) is 24.6 Å². The first-order valence-electron chi connectivity index (χ1n) is 7.96. The molecule has 7 nitrogen and oxygen atoms in total. The normalized spacial score (nSPS) is 16.3. The van der Waals surface area contributed by atoms with Gasteiger partial charge in [0.2, 0.25) is 15.9 Å². The number of hydrogen-bond donors (Lipinski definition) is 1. The SMILES string of the molecule is Cc1cccc(NC(=O)CN(CCN2CCOCC2)S(C)(=O)=O)c1. The van der Waals surface area contributed by atoms with E-state index in [1.54, 1.807) is 6.07 Å². The summed E-state index contributed by atoms with van der Waals surface area (Å²) >= 11 is 0. The number of carbonyl (C=O) groups is 1. The quantitative estimate of drug-likeness (QED) is 0.772. The molecule has 1 fully saturated rings. The number of hydrogen-bond acceptors (Lipinski definition) is 5. The number of ether oxygens (including phenoxy) is 1. The Labute approximate surface area is 143 Å². The van der Waals surface area contributed by atoms with Crippen molar-refractivity contribution in [2.75, 3.05) is 57.5 Å². The van der Waals surface area contributed by atoms with E-state index in [0.29, 0.717) is 32.0 Å². The van der Waals surface area contributed by atoms with E-state index in [4.69, 9.17) is 4.74 Å². The van der Waals surface area contributed by atoms with Gasteiger partial charge in [0.05, 0.1) is 26.0 Å². The topological polar surface area (TPSA) is 79.0 Å². The van der Waals surface area contributed by atoms with Crippen LogP contribution in [0.2, 0.25) is 0 Å². The zero-order chi connectivity index (χ0) is 17.6. The third-order valence-corrected chi connectivity index (χ3v) is 5.11. The van der Waals surface area contributed by atoms with Crippen LogP contribution < -0.4 is 5.32 Å². The third kappa shape index (κ3) is 6.20. The van der Waals surface area contributed by atoms with E-state index in [2.05, 4.69) is 10.2 Å². The maximum absolute atomic E-state index is 12.2. The van der Waals surface area contributed by atoms with Crippen LogP contribution in [0.1, 0.15) is 5.56 Å². The number of benzene rings is 1. The molecular formula is C16H25N3O4S. The van der Waals surface area contributed by atoms with Crippen LogP contribution >= 0.6 is 0 Å². The third-order valence-electron chi connectivity index (χ3n) is 3.86. The van der Waals surface area contributed by atoms with E-state index in [1.807, 2.05) is 25.1 Å². The number of rotatable bonds is 7. The van der Waals surface area contributed by atoms with Crippen molar-refractivity contribution in [2.24, 2.45) is 0 Å². The minimum absolute atomic E-state index is 0.183. The van der Waals surface area contributed by atoms with Crippen LogP contribution in [0.25, 0.3) is 0 Å². The fourth-order valence-electron chi connectivity index (χ4n) is 2.52. The largest absolute Gasteiger partial charge is 0.379 e. The van der Waals surface area contributed by atoms with Gasteiger partial charge in [-0.15, -0.1) is 0 Å². The molecule has 0 unspecified atom stereocenters. The van der Waals surface area contributed by atoms with Crippen LogP contribution in [0.15, 0.2) is 24.3 Å². The Morgan fingerprint density at radius 3 is 2.67 bits per heavy atom. The van der Waals surface area contributed by atoms with Crippen molar-refractivity contribution in [2.45, 2.75) is 6.92 Å². The smallest absolute Gasteiger partial charge is 0.239 e. The van der Waals surface area contributed by atoms with Gasteiger partial charge in [-0.1, -0.05) is 12.1 Å². The minimum Gasteiger partial charge on any atom is -0.379 e. The van der Waals surface area contributed by atoms with Crippen molar-refractivity contribution in [3.05, 3.63) is 29.8 Å². The number of sulfonamides is 1. The highest BCUT2D eigenvalue weighted by Crippen LogP contribution is 2.10. The van der Waals surface area contributed by atoms with Gasteiger partial charge in [-0.2, -0.15) is 4.31 Å². The van der Waals surface area contributed by atoms with Gasteiger partial charge >= 0.3 is 0 Å². The molecule has 0 aliphatic carbocycles. The van der Waals surface area contributed by atoms with Gasteiger partial charge in [-0.3, -0.25) is 9.69 Å². The maximum Gasteiger partial charge on any atom is 0.239 e. The molecule has 24 heavy (non-hydrogen) atoms. The maximum atomic E-state index is 12.2. The average molecular weight is 355 g/mol. The molecule has 1 saturated heterocycles. The van der Waals surface area contributed by atoms with E-state index in [1.165, 1.54) is 4.31 Å². The van der Waals surface area contributed by atoms with E-state index in [9.17, 15) is 13.2 Å². The van der Waals surface area contributed by atoms with Crippen LogP contribution in [0.4, 0.5) is 5.69 Å². The molecule has 0 aromatic heterocycles. The highest BCUT2D eigenvalue weighted by Gasteiger charge is 2.21. The fourth-order valence-corrected chi connectivity index (χ4v) is 3.29. The summed E-state index contributed by atoms with van der Waals surface area (Å²) in [5.41, 5.74) is 1.70. The van der Waals surface area contributed by atoms with Crippen molar-refractivity contribution in [1.82, 2.24) is 9.21 Å². The molecule has 0 atom stereocenters. The Balaban J connectivity index is 1.91. The summed E-state index contributed by atoms with van der Waals surface area (Å²) in [4.78, 5) is 14.3. The summed E-state index contributed by atoms with van der Waals surface area (Å²) in [5.74, 6) is -0.340. The van der Waals surface area contributed by atoms with Crippen LogP contribution in [0, 0.1) is 6.92 Å². The van der Waals surface area contributed by atoms with Crippen LogP contribution in [0.5, 0.6) is 0 Å². The molecule has 1 amide bonds. The molecule has 0 spiro atoms. The summed E-state index contributed by atoms with van der Waals surface area (Å²) in [6.45, 7) is 5.52. The first kappa shape index (κ1) is 18.9. The van der Waals surface area contributed by atoms with E-state index < -0.39 is 10.0 Å². The molecule has 8 heteroatoms. The van der Waals surface area contributed by atoms with Crippen molar-refractivity contribution >= 4 is 21.6 Å². The zero-order valence-corrected chi connectivity index (χ0v) is 15.0. The summed E-state index contributed by atoms with van der Waals surface area (Å²) in [7, 11) is -3.45. The Morgan fingerprint density at radius 2 is 2.04 bits per heavy atom. The first-order valence-corrected chi connectivity index (χ1v) is 9.81. The van der Waals surface area contributed by atoms with Crippen molar-refractivity contribution < 1.29 is 17.9 Å². The molecule has 1 aromatic carbocycles. The molecule has 1 heterocycles. The number of nitrogens with zero attached hydrogens (tertiary/aromatic N) is 2. The molecule has 1 aliphatic rings. The highest BCUT2D eigenvalue weighted by atomic mass is 32.2. The molecular weight excluding hydrogens is 330 g/mol. The molecule has 0 radical (unpaired) electrons. The Bertz CT molecular complexity index is 657. The molecule has 2 rings (SSSR count). The van der Waals surface area contributed by atoms with Crippen molar-refractivity contribution in [3.63, 3.8) is 0 Å². The number of nitrogens with one attached hydrogen (secondary N) is 1. The predicted octanol–water partition coefficient (Wildman–Crippen LogP) is 0.527. The van der Waals surface area contributed by atoms with E-state index in [-0.39, 0.29) is 12.5 Å². The van der Waals surface area contributed by atoms with Gasteiger partial charge < -0.3 is 10.1 Å². The van der Waals surface area contributed by atoms with Gasteiger partial charge in [0, 0.05) is 31.9 Å². The van der Waals surface area contributed by atoms with E-state index >= 15 is 0 Å². The van der Waals surface area contributed by atoms with Crippen molar-refractivity contribution in [1.29, 1.82) is 0 Å². The second kappa shape index (κ2) is 8.57. The molecule has 1 aliphatic heterocycles. The second-order valence-corrected chi connectivity index (χ2v) is 7.95. The highest BCUT2D eigenvalue weighted by molar-refractivity contribution is 7.88. The number of morpholine rings is 1. The molecule has 134 valence electrons. The van der Waals surface area contributed by atoms with Gasteiger partial charge in [-0.25, -0.2) is 8.42 Å². The standard InChI is InChI=1S/C16H25N3O4S/c1-14-4-3-5-15(12-14)17-16(20)13-19(24(2,21)22)7-6-18-8-10-23-11-9-18/h3-5,12H,6-11,13H2,1-2H3,(H,17,20). The first-order chi connectivity index (χ1) is 11.3. The van der Waals surface area contributed by atoms with Crippen molar-refractivity contribution in [3.8, 4) is 0 Å². The Kier molecular flexibility index (Phi) is 6.73. The number of anilines is 1. The molecule has 0 saturated carbocycles.